The number of Topliss-reactive ketones (excluding diaryl/α,β-unsaturated/α-hetero) is 1. The van der Waals surface area contributed by atoms with E-state index in [1.54, 1.807) is 23.5 Å². The second-order valence-electron chi connectivity index (χ2n) is 6.78. The predicted molar refractivity (Wildman–Crippen MR) is 120 cm³/mol. The van der Waals surface area contributed by atoms with E-state index >= 15 is 0 Å². The summed E-state index contributed by atoms with van der Waals surface area (Å²) < 4.78 is 34.0. The fraction of sp³-hybridized carbons (Fsp3) is 0.350. The van der Waals surface area contributed by atoms with Crippen molar-refractivity contribution in [3.8, 4) is 10.7 Å². The number of morpholine rings is 1. The van der Waals surface area contributed by atoms with Crippen LogP contribution in [0, 0.1) is 0 Å². The second kappa shape index (κ2) is 9.61. The lowest BCUT2D eigenvalue weighted by Crippen LogP contribution is -2.40. The molecule has 0 unspecified atom stereocenters. The molecule has 0 aliphatic carbocycles. The summed E-state index contributed by atoms with van der Waals surface area (Å²) in [6, 6.07) is 10.1. The lowest BCUT2D eigenvalue weighted by atomic mass is 10.1. The minimum atomic E-state index is -3.57. The van der Waals surface area contributed by atoms with Crippen LogP contribution in [0.2, 0.25) is 0 Å². The lowest BCUT2D eigenvalue weighted by Gasteiger charge is -2.26. The van der Waals surface area contributed by atoms with Crippen LogP contribution in [-0.2, 0) is 21.3 Å². The molecule has 8 nitrogen and oxygen atoms in total. The number of rotatable bonds is 8. The van der Waals surface area contributed by atoms with Gasteiger partial charge in [0.25, 0.3) is 0 Å². The minimum Gasteiger partial charge on any atom is -0.379 e. The van der Waals surface area contributed by atoms with Crippen molar-refractivity contribution in [2.24, 2.45) is 0 Å². The molecular weight excluding hydrogens is 456 g/mol. The van der Waals surface area contributed by atoms with Crippen LogP contribution < -0.4 is 0 Å². The Bertz CT molecular complexity index is 1140. The number of ether oxygens (including phenoxy) is 1. The number of sulfonamides is 1. The maximum atomic E-state index is 12.7. The molecule has 3 aromatic rings. The number of aromatic nitrogens is 3. The van der Waals surface area contributed by atoms with Gasteiger partial charge in [-0.2, -0.15) is 4.31 Å². The van der Waals surface area contributed by atoms with Crippen molar-refractivity contribution in [1.29, 1.82) is 0 Å². The van der Waals surface area contributed by atoms with Crippen molar-refractivity contribution in [1.82, 2.24) is 19.1 Å². The highest BCUT2D eigenvalue weighted by molar-refractivity contribution is 7.99. The van der Waals surface area contributed by atoms with Gasteiger partial charge in [-0.05, 0) is 30.5 Å². The molecule has 3 heterocycles. The Morgan fingerprint density at radius 1 is 1.16 bits per heavy atom. The smallest absolute Gasteiger partial charge is 0.243 e. The third-order valence-electron chi connectivity index (χ3n) is 4.89. The number of hydrogen-bond acceptors (Lipinski definition) is 8. The highest BCUT2D eigenvalue weighted by Crippen LogP contribution is 2.27. The number of benzene rings is 1. The predicted octanol–water partition coefficient (Wildman–Crippen LogP) is 3.02. The molecule has 4 rings (SSSR count). The van der Waals surface area contributed by atoms with E-state index in [2.05, 4.69) is 10.2 Å². The molecule has 0 N–H and O–H groups in total. The van der Waals surface area contributed by atoms with Crippen LogP contribution in [0.3, 0.4) is 0 Å². The zero-order valence-corrected chi connectivity index (χ0v) is 19.4. The Balaban J connectivity index is 1.43. The number of hydrogen-bond donors (Lipinski definition) is 0. The van der Waals surface area contributed by atoms with Crippen LogP contribution in [0.4, 0.5) is 0 Å². The summed E-state index contributed by atoms with van der Waals surface area (Å²) in [6.45, 7) is 4.18. The third-order valence-corrected chi connectivity index (χ3v) is 8.64. The maximum Gasteiger partial charge on any atom is 0.243 e. The number of thiophene rings is 1. The highest BCUT2D eigenvalue weighted by atomic mass is 32.2. The van der Waals surface area contributed by atoms with Gasteiger partial charge in [-0.1, -0.05) is 30.0 Å². The summed E-state index contributed by atoms with van der Waals surface area (Å²) in [5.74, 6) is 0.895. The fourth-order valence-corrected chi connectivity index (χ4v) is 6.25. The average molecular weight is 479 g/mol. The largest absolute Gasteiger partial charge is 0.379 e. The summed E-state index contributed by atoms with van der Waals surface area (Å²) in [7, 11) is -3.57. The number of nitrogens with zero attached hydrogens (tertiary/aromatic N) is 4. The van der Waals surface area contributed by atoms with Crippen LogP contribution in [0.25, 0.3) is 10.7 Å². The molecule has 11 heteroatoms. The normalized spacial score (nSPS) is 15.3. The molecule has 1 aromatic carbocycles. The van der Waals surface area contributed by atoms with Gasteiger partial charge in [0, 0.05) is 25.2 Å². The Morgan fingerprint density at radius 2 is 1.90 bits per heavy atom. The molecule has 31 heavy (non-hydrogen) atoms. The van der Waals surface area contributed by atoms with E-state index in [9.17, 15) is 13.2 Å². The standard InChI is InChI=1S/C20H22N4O4S3/c1-2-24-19(18-4-3-13-29-18)21-22-20(24)30-14-17(25)15-5-7-16(8-6-15)31(26,27)23-9-11-28-12-10-23/h3-8,13H,2,9-12,14H2,1H3. The molecule has 2 aromatic heterocycles. The van der Waals surface area contributed by atoms with Gasteiger partial charge in [0.1, 0.15) is 0 Å². The van der Waals surface area contributed by atoms with E-state index in [4.69, 9.17) is 4.74 Å². The number of carbonyl (C=O) groups is 1. The van der Waals surface area contributed by atoms with E-state index in [0.29, 0.717) is 43.6 Å². The quantitative estimate of drug-likeness (QED) is 0.363. The van der Waals surface area contributed by atoms with Gasteiger partial charge in [-0.15, -0.1) is 21.5 Å². The summed E-state index contributed by atoms with van der Waals surface area (Å²) in [5.41, 5.74) is 0.467. The SMILES string of the molecule is CCn1c(SCC(=O)c2ccc(S(=O)(=O)N3CCOCC3)cc2)nnc1-c1cccs1. The molecule has 1 aliphatic rings. The zero-order chi connectivity index (χ0) is 21.8. The molecule has 164 valence electrons. The Kier molecular flexibility index (Phi) is 6.87. The zero-order valence-electron chi connectivity index (χ0n) is 16.9. The fourth-order valence-electron chi connectivity index (χ4n) is 3.23. The third kappa shape index (κ3) is 4.75. The summed E-state index contributed by atoms with van der Waals surface area (Å²) in [5, 5.41) is 11.2. The van der Waals surface area contributed by atoms with Crippen molar-refractivity contribution < 1.29 is 17.9 Å². The number of ketones is 1. The van der Waals surface area contributed by atoms with Gasteiger partial charge in [0.2, 0.25) is 10.0 Å². The Hall–Kier alpha value is -2.05. The van der Waals surface area contributed by atoms with Crippen LogP contribution in [0.1, 0.15) is 17.3 Å². The van der Waals surface area contributed by atoms with Crippen LogP contribution in [0.5, 0.6) is 0 Å². The topological polar surface area (TPSA) is 94.4 Å². The molecule has 0 radical (unpaired) electrons. The van der Waals surface area contributed by atoms with Crippen molar-refractivity contribution in [3.05, 3.63) is 47.3 Å². The molecular formula is C20H22N4O4S3. The molecule has 0 saturated carbocycles. The molecule has 1 saturated heterocycles. The number of carbonyl (C=O) groups excluding carboxylic acids is 1. The maximum absolute atomic E-state index is 12.7. The minimum absolute atomic E-state index is 0.0938. The first-order valence-corrected chi connectivity index (χ1v) is 13.1. The van der Waals surface area contributed by atoms with E-state index in [-0.39, 0.29) is 16.4 Å². The van der Waals surface area contributed by atoms with Crippen LogP contribution >= 0.6 is 23.1 Å². The molecule has 0 bridgehead atoms. The van der Waals surface area contributed by atoms with E-state index in [1.807, 2.05) is 29.0 Å². The number of thioether (sulfide) groups is 1. The first-order chi connectivity index (χ1) is 15.0. The second-order valence-corrected chi connectivity index (χ2v) is 10.6. The molecule has 0 amide bonds. The van der Waals surface area contributed by atoms with Gasteiger partial charge in [0.05, 0.1) is 28.7 Å². The van der Waals surface area contributed by atoms with Crippen molar-refractivity contribution >= 4 is 38.9 Å². The van der Waals surface area contributed by atoms with Gasteiger partial charge < -0.3 is 9.30 Å². The summed E-state index contributed by atoms with van der Waals surface area (Å²) >= 11 is 2.92. The highest BCUT2D eigenvalue weighted by Gasteiger charge is 2.26. The van der Waals surface area contributed by atoms with Gasteiger partial charge in [-0.3, -0.25) is 4.79 Å². The van der Waals surface area contributed by atoms with Gasteiger partial charge in [-0.25, -0.2) is 8.42 Å². The van der Waals surface area contributed by atoms with Gasteiger partial charge in [0.15, 0.2) is 16.8 Å². The monoisotopic (exact) mass is 478 g/mol. The Morgan fingerprint density at radius 3 is 2.55 bits per heavy atom. The molecule has 1 aliphatic heterocycles. The lowest BCUT2D eigenvalue weighted by molar-refractivity contribution is 0.0730. The van der Waals surface area contributed by atoms with Crippen molar-refractivity contribution in [2.75, 3.05) is 32.1 Å². The van der Waals surface area contributed by atoms with Gasteiger partial charge >= 0.3 is 0 Å². The summed E-state index contributed by atoms with van der Waals surface area (Å²) in [4.78, 5) is 13.9. The van der Waals surface area contributed by atoms with Crippen molar-refractivity contribution in [3.63, 3.8) is 0 Å². The average Bonchev–Trinajstić information content (AvgIpc) is 3.47. The van der Waals surface area contributed by atoms with E-state index in [1.165, 1.54) is 28.2 Å². The molecule has 0 spiro atoms. The first kappa shape index (κ1) is 22.2. The molecule has 0 atom stereocenters. The summed E-state index contributed by atoms with van der Waals surface area (Å²) in [6.07, 6.45) is 0. The van der Waals surface area contributed by atoms with Crippen LogP contribution in [-0.4, -0.2) is 65.3 Å². The Labute approximate surface area is 189 Å². The van der Waals surface area contributed by atoms with E-state index < -0.39 is 10.0 Å². The molecule has 1 fully saturated rings. The van der Waals surface area contributed by atoms with Crippen molar-refractivity contribution in [2.45, 2.75) is 23.5 Å². The first-order valence-electron chi connectivity index (χ1n) is 9.81. The van der Waals surface area contributed by atoms with E-state index in [0.717, 1.165) is 10.7 Å². The van der Waals surface area contributed by atoms with Crippen LogP contribution in [0.15, 0.2) is 51.8 Å².